The van der Waals surface area contributed by atoms with Gasteiger partial charge in [0.2, 0.25) is 0 Å². The lowest BCUT2D eigenvalue weighted by Crippen LogP contribution is -2.20. The average Bonchev–Trinajstić information content (AvgIpc) is 3.28. The third-order valence-corrected chi connectivity index (χ3v) is 5.85. The summed E-state index contributed by atoms with van der Waals surface area (Å²) < 4.78 is 27.0. The van der Waals surface area contributed by atoms with Crippen molar-refractivity contribution in [2.24, 2.45) is 11.8 Å². The molecule has 0 aliphatic heterocycles. The summed E-state index contributed by atoms with van der Waals surface area (Å²) in [4.78, 5) is 25.6. The lowest BCUT2D eigenvalue weighted by atomic mass is 9.77. The molecular formula is C23H34O7. The number of benzene rings is 1. The van der Waals surface area contributed by atoms with Gasteiger partial charge in [-0.3, -0.25) is 0 Å². The Hall–Kier alpha value is -2.44. The predicted molar refractivity (Wildman–Crippen MR) is 113 cm³/mol. The normalized spacial score (nSPS) is 15.1. The third-order valence-electron chi connectivity index (χ3n) is 5.85. The van der Waals surface area contributed by atoms with Gasteiger partial charge >= 0.3 is 11.9 Å². The average molecular weight is 423 g/mol. The van der Waals surface area contributed by atoms with Crippen LogP contribution in [-0.2, 0) is 9.47 Å². The summed E-state index contributed by atoms with van der Waals surface area (Å²) in [5.41, 5.74) is 0.859. The number of carbonyl (C=O) groups excluding carboxylic acids is 2. The molecule has 0 bridgehead atoms. The van der Waals surface area contributed by atoms with Gasteiger partial charge in [0.15, 0.2) is 5.75 Å². The number of hydrogen-bond acceptors (Lipinski definition) is 7. The number of hydrogen-bond donors (Lipinski definition) is 0. The highest BCUT2D eigenvalue weighted by atomic mass is 16.5. The van der Waals surface area contributed by atoms with Gasteiger partial charge in [0.1, 0.15) is 22.6 Å². The molecule has 1 fully saturated rings. The van der Waals surface area contributed by atoms with E-state index in [2.05, 4.69) is 13.8 Å². The van der Waals surface area contributed by atoms with Gasteiger partial charge in [-0.05, 0) is 37.0 Å². The molecule has 1 atom stereocenters. The molecule has 0 spiro atoms. The van der Waals surface area contributed by atoms with Crippen molar-refractivity contribution in [3.05, 3.63) is 16.7 Å². The molecule has 1 saturated carbocycles. The Morgan fingerprint density at radius 1 is 0.800 bits per heavy atom. The molecule has 2 rings (SSSR count). The van der Waals surface area contributed by atoms with Crippen molar-refractivity contribution in [1.29, 1.82) is 0 Å². The molecule has 30 heavy (non-hydrogen) atoms. The van der Waals surface area contributed by atoms with Crippen LogP contribution in [0.3, 0.4) is 0 Å². The van der Waals surface area contributed by atoms with E-state index in [4.69, 9.17) is 23.7 Å². The minimum Gasteiger partial charge on any atom is -0.495 e. The molecule has 0 heterocycles. The molecule has 7 heteroatoms. The minimum atomic E-state index is -0.646. The van der Waals surface area contributed by atoms with Crippen molar-refractivity contribution in [2.45, 2.75) is 51.9 Å². The summed E-state index contributed by atoms with van der Waals surface area (Å²) in [5.74, 6) is 0.257. The fraction of sp³-hybridized carbons (Fsp3) is 0.652. The smallest absolute Gasteiger partial charge is 0.345 e. The van der Waals surface area contributed by atoms with E-state index in [0.717, 1.165) is 32.1 Å². The van der Waals surface area contributed by atoms with Crippen LogP contribution < -0.4 is 14.2 Å². The maximum absolute atomic E-state index is 12.8. The second-order valence-electron chi connectivity index (χ2n) is 8.03. The van der Waals surface area contributed by atoms with Crippen molar-refractivity contribution in [3.8, 4) is 17.2 Å². The van der Waals surface area contributed by atoms with Crippen molar-refractivity contribution in [2.75, 3.05) is 35.5 Å². The van der Waals surface area contributed by atoms with Crippen LogP contribution >= 0.6 is 0 Å². The molecule has 0 amide bonds. The first-order valence-electron chi connectivity index (χ1n) is 10.4. The van der Waals surface area contributed by atoms with Gasteiger partial charge in [0.25, 0.3) is 0 Å². The fourth-order valence-electron chi connectivity index (χ4n) is 4.66. The summed E-state index contributed by atoms with van der Waals surface area (Å²) >= 11 is 0. The van der Waals surface area contributed by atoms with E-state index in [0.29, 0.717) is 28.9 Å². The molecule has 0 N–H and O–H groups in total. The summed E-state index contributed by atoms with van der Waals surface area (Å²) in [5, 5.41) is 0. The molecule has 0 saturated heterocycles. The highest BCUT2D eigenvalue weighted by Gasteiger charge is 2.39. The van der Waals surface area contributed by atoms with Gasteiger partial charge in [-0.2, -0.15) is 0 Å². The minimum absolute atomic E-state index is 0.0286. The predicted octanol–water partition coefficient (Wildman–Crippen LogP) is 4.61. The standard InChI is InChI=1S/C23H34O7/c1-13(2)12-15(14-10-8-9-11-14)16-19(26-3)17(22(24)29-6)21(28-5)18(20(16)27-4)23(25)30-7/h13-15H,8-12H2,1-7H3. The van der Waals surface area contributed by atoms with Gasteiger partial charge in [0.05, 0.1) is 35.5 Å². The molecule has 1 unspecified atom stereocenters. The maximum Gasteiger partial charge on any atom is 0.345 e. The van der Waals surface area contributed by atoms with Crippen LogP contribution in [0.5, 0.6) is 17.2 Å². The molecule has 168 valence electrons. The zero-order valence-corrected chi connectivity index (χ0v) is 19.1. The number of ether oxygens (including phenoxy) is 5. The van der Waals surface area contributed by atoms with Gasteiger partial charge in [-0.25, -0.2) is 9.59 Å². The van der Waals surface area contributed by atoms with E-state index < -0.39 is 11.9 Å². The Morgan fingerprint density at radius 2 is 1.23 bits per heavy atom. The van der Waals surface area contributed by atoms with Gasteiger partial charge < -0.3 is 23.7 Å². The molecule has 1 aromatic rings. The first kappa shape index (κ1) is 23.8. The number of carbonyl (C=O) groups is 2. The van der Waals surface area contributed by atoms with Crippen molar-refractivity contribution >= 4 is 11.9 Å². The first-order chi connectivity index (χ1) is 14.4. The van der Waals surface area contributed by atoms with Crippen LogP contribution in [-0.4, -0.2) is 47.5 Å². The van der Waals surface area contributed by atoms with Crippen LogP contribution in [0.25, 0.3) is 0 Å². The van der Waals surface area contributed by atoms with E-state index >= 15 is 0 Å². The van der Waals surface area contributed by atoms with E-state index in [1.54, 1.807) is 0 Å². The monoisotopic (exact) mass is 422 g/mol. The van der Waals surface area contributed by atoms with Crippen molar-refractivity contribution < 1.29 is 33.3 Å². The fourth-order valence-corrected chi connectivity index (χ4v) is 4.66. The SMILES string of the molecule is COC(=O)c1c(OC)c(C(=O)OC)c(OC)c(C(CC(C)C)C2CCCC2)c1OC. The maximum atomic E-state index is 12.8. The van der Waals surface area contributed by atoms with E-state index in [1.807, 2.05) is 0 Å². The lowest BCUT2D eigenvalue weighted by molar-refractivity contribution is 0.0586. The van der Waals surface area contributed by atoms with Gasteiger partial charge in [-0.15, -0.1) is 0 Å². The van der Waals surface area contributed by atoms with E-state index in [1.165, 1.54) is 35.5 Å². The second kappa shape index (κ2) is 10.5. The number of rotatable bonds is 9. The summed E-state index contributed by atoms with van der Waals surface area (Å²) in [6.45, 7) is 4.32. The lowest BCUT2D eigenvalue weighted by Gasteiger charge is -2.31. The molecule has 1 aliphatic rings. The Bertz CT molecular complexity index is 718. The zero-order chi connectivity index (χ0) is 22.4. The van der Waals surface area contributed by atoms with Gasteiger partial charge in [-0.1, -0.05) is 26.7 Å². The topological polar surface area (TPSA) is 80.3 Å². The molecule has 0 radical (unpaired) electrons. The Balaban J connectivity index is 2.96. The zero-order valence-electron chi connectivity index (χ0n) is 19.1. The quantitative estimate of drug-likeness (QED) is 0.538. The van der Waals surface area contributed by atoms with E-state index in [-0.39, 0.29) is 22.8 Å². The molecule has 1 aromatic carbocycles. The van der Waals surface area contributed by atoms with Crippen LogP contribution in [0.2, 0.25) is 0 Å². The molecule has 1 aliphatic carbocycles. The first-order valence-corrected chi connectivity index (χ1v) is 10.4. The second-order valence-corrected chi connectivity index (χ2v) is 8.03. The summed E-state index contributed by atoms with van der Waals surface area (Å²) in [6.07, 6.45) is 5.35. The van der Waals surface area contributed by atoms with Crippen LogP contribution in [0, 0.1) is 11.8 Å². The van der Waals surface area contributed by atoms with E-state index in [9.17, 15) is 9.59 Å². The Kier molecular flexibility index (Phi) is 8.38. The van der Waals surface area contributed by atoms with Gasteiger partial charge in [0, 0.05) is 5.56 Å². The van der Waals surface area contributed by atoms with Crippen molar-refractivity contribution in [1.82, 2.24) is 0 Å². The van der Waals surface area contributed by atoms with Crippen LogP contribution in [0.1, 0.15) is 78.1 Å². The molecule has 7 nitrogen and oxygen atoms in total. The highest BCUT2D eigenvalue weighted by Crippen LogP contribution is 2.52. The summed E-state index contributed by atoms with van der Waals surface area (Å²) in [7, 11) is 6.96. The molecular weight excluding hydrogens is 388 g/mol. The Labute approximate surface area is 179 Å². The third kappa shape index (κ3) is 4.50. The largest absolute Gasteiger partial charge is 0.495 e. The highest BCUT2D eigenvalue weighted by molar-refractivity contribution is 6.05. The van der Waals surface area contributed by atoms with Crippen molar-refractivity contribution in [3.63, 3.8) is 0 Å². The number of methoxy groups -OCH3 is 5. The molecule has 0 aromatic heterocycles. The number of esters is 2. The Morgan fingerprint density at radius 3 is 1.57 bits per heavy atom. The summed E-state index contributed by atoms with van der Waals surface area (Å²) in [6, 6.07) is 0. The van der Waals surface area contributed by atoms with Crippen LogP contribution in [0.15, 0.2) is 0 Å². The van der Waals surface area contributed by atoms with Crippen LogP contribution in [0.4, 0.5) is 0 Å².